The summed E-state index contributed by atoms with van der Waals surface area (Å²) in [7, 11) is -11.7. The molecule has 0 aromatic heterocycles. The molecule has 15 heteroatoms. The normalized spacial score (nSPS) is 27.2. The molecule has 0 atom stereocenters. The lowest BCUT2D eigenvalue weighted by atomic mass is 9.72. The van der Waals surface area contributed by atoms with Gasteiger partial charge >= 0.3 is 38.8 Å². The Labute approximate surface area is 229 Å². The number of hydrogen-bond acceptors (Lipinski definition) is 3. The number of rotatable bonds is 7. The maximum absolute atomic E-state index is 16.1. The highest BCUT2D eigenvalue weighted by atomic mass is 32.3. The van der Waals surface area contributed by atoms with Gasteiger partial charge in [-0.2, -0.15) is 43.5 Å². The lowest BCUT2D eigenvalue weighted by Gasteiger charge is -2.54. The van der Waals surface area contributed by atoms with Crippen LogP contribution >= 0.6 is 10.3 Å². The summed E-state index contributed by atoms with van der Waals surface area (Å²) in [6, 6.07) is 18.9. The van der Waals surface area contributed by atoms with E-state index in [-0.39, 0.29) is 21.6 Å². The van der Waals surface area contributed by atoms with Gasteiger partial charge in [0.1, 0.15) is 0 Å². The molecule has 0 unspecified atom stereocenters. The van der Waals surface area contributed by atoms with Crippen molar-refractivity contribution in [2.24, 2.45) is 0 Å². The molecule has 0 saturated heterocycles. The summed E-state index contributed by atoms with van der Waals surface area (Å²) in [5.41, 5.74) is -6.04. The Bertz CT molecular complexity index is 1380. The van der Waals surface area contributed by atoms with Crippen molar-refractivity contribution in [2.75, 3.05) is 0 Å². The highest BCUT2D eigenvalue weighted by Crippen LogP contribution is 2.75. The molecule has 0 amide bonds. The minimum absolute atomic E-state index is 0.125. The fourth-order valence-corrected chi connectivity index (χ4v) is 10.3. The van der Waals surface area contributed by atoms with Crippen LogP contribution in [0.1, 0.15) is 13.3 Å². The molecule has 0 radical (unpaired) electrons. The molecule has 1 fully saturated rings. The largest absolute Gasteiger partial charge is 0.372 e. The van der Waals surface area contributed by atoms with Crippen LogP contribution in [0.25, 0.3) is 0 Å². The van der Waals surface area contributed by atoms with Crippen LogP contribution in [0.3, 0.4) is 0 Å². The van der Waals surface area contributed by atoms with Crippen LogP contribution in [0.15, 0.2) is 106 Å². The molecule has 41 heavy (non-hydrogen) atoms. The van der Waals surface area contributed by atoms with E-state index in [4.69, 9.17) is 3.63 Å². The smallest absolute Gasteiger partial charge is 0.230 e. The first-order valence-electron chi connectivity index (χ1n) is 11.7. The van der Waals surface area contributed by atoms with Crippen molar-refractivity contribution in [3.63, 3.8) is 0 Å². The van der Waals surface area contributed by atoms with Crippen LogP contribution in [0.4, 0.5) is 43.9 Å². The average molecular weight is 635 g/mol. The third-order valence-corrected chi connectivity index (χ3v) is 12.4. The van der Waals surface area contributed by atoms with E-state index in [9.17, 15) is 30.4 Å². The van der Waals surface area contributed by atoms with Gasteiger partial charge in [0.05, 0.1) is 0 Å². The van der Waals surface area contributed by atoms with E-state index in [2.05, 4.69) is 0 Å². The zero-order valence-electron chi connectivity index (χ0n) is 20.7. The second-order valence-corrected chi connectivity index (χ2v) is 13.6. The van der Waals surface area contributed by atoms with Gasteiger partial charge < -0.3 is 0 Å². The van der Waals surface area contributed by atoms with E-state index >= 15 is 22.0 Å². The monoisotopic (exact) mass is 634 g/mol. The van der Waals surface area contributed by atoms with Crippen molar-refractivity contribution >= 4 is 20.4 Å². The molecule has 0 aliphatic heterocycles. The molecule has 224 valence electrons. The summed E-state index contributed by atoms with van der Waals surface area (Å²) < 4.78 is 183. The van der Waals surface area contributed by atoms with E-state index in [0.29, 0.717) is 0 Å². The molecule has 1 aliphatic rings. The van der Waals surface area contributed by atoms with Crippen molar-refractivity contribution in [1.29, 1.82) is 0 Å². The highest BCUT2D eigenvalue weighted by Gasteiger charge is 3.03. The molecule has 4 rings (SSSR count). The van der Waals surface area contributed by atoms with Crippen LogP contribution in [-0.4, -0.2) is 42.8 Å². The third-order valence-electron chi connectivity index (χ3n) is 6.84. The molecular formula is C26H20F10O3S2. The second kappa shape index (κ2) is 9.63. The van der Waals surface area contributed by atoms with Gasteiger partial charge in [-0.25, -0.2) is 12.4 Å². The Morgan fingerprint density at radius 3 is 1.10 bits per heavy atom. The van der Waals surface area contributed by atoms with E-state index < -0.39 is 61.2 Å². The number of halogens is 10. The lowest BCUT2D eigenvalue weighted by Crippen LogP contribution is -2.86. The van der Waals surface area contributed by atoms with E-state index in [0.717, 1.165) is 36.4 Å². The van der Waals surface area contributed by atoms with Crippen molar-refractivity contribution < 1.29 is 56.0 Å². The van der Waals surface area contributed by atoms with Crippen LogP contribution in [-0.2, 0) is 13.7 Å². The van der Waals surface area contributed by atoms with Crippen molar-refractivity contribution in [3.8, 4) is 0 Å². The van der Waals surface area contributed by atoms with E-state index in [1.165, 1.54) is 54.6 Å². The first-order valence-corrected chi connectivity index (χ1v) is 14.6. The van der Waals surface area contributed by atoms with Gasteiger partial charge in [-0.05, 0) is 53.1 Å². The van der Waals surface area contributed by atoms with Crippen molar-refractivity contribution in [2.45, 2.75) is 62.4 Å². The van der Waals surface area contributed by atoms with Crippen LogP contribution in [0.5, 0.6) is 0 Å². The molecule has 0 heterocycles. The topological polar surface area (TPSA) is 43.4 Å². The van der Waals surface area contributed by atoms with Gasteiger partial charge in [0.25, 0.3) is 0 Å². The SMILES string of the molecule is CCC1(F)C(F)(F)C(F)(F)C(F)(S(=O)(=O)OS(c2ccccc2)(c2ccccc2)c2ccccc2)C(F)(F)C1(F)F. The first kappa shape index (κ1) is 31.2. The molecule has 1 saturated carbocycles. The lowest BCUT2D eigenvalue weighted by molar-refractivity contribution is -0.443. The van der Waals surface area contributed by atoms with Gasteiger partial charge in [0, 0.05) is 14.7 Å². The van der Waals surface area contributed by atoms with Crippen LogP contribution in [0, 0.1) is 0 Å². The summed E-state index contributed by atoms with van der Waals surface area (Å²) in [4.78, 5) is -0.753. The number of alkyl halides is 10. The molecule has 0 bridgehead atoms. The molecule has 0 spiro atoms. The molecular weight excluding hydrogens is 614 g/mol. The summed E-state index contributed by atoms with van der Waals surface area (Å²) in [5, 5.41) is -7.15. The van der Waals surface area contributed by atoms with Crippen LogP contribution in [0.2, 0.25) is 0 Å². The minimum Gasteiger partial charge on any atom is -0.230 e. The molecule has 3 aromatic carbocycles. The molecule has 3 nitrogen and oxygen atoms in total. The van der Waals surface area contributed by atoms with Crippen molar-refractivity contribution in [1.82, 2.24) is 0 Å². The Hall–Kier alpha value is -2.78. The third kappa shape index (κ3) is 3.73. The Kier molecular flexibility index (Phi) is 7.32. The van der Waals surface area contributed by atoms with Crippen LogP contribution < -0.4 is 0 Å². The fraction of sp³-hybridized carbons (Fsp3) is 0.308. The second-order valence-electron chi connectivity index (χ2n) is 9.07. The van der Waals surface area contributed by atoms with Gasteiger partial charge in [-0.1, -0.05) is 61.5 Å². The molecule has 1 aliphatic carbocycles. The maximum Gasteiger partial charge on any atom is 0.372 e. The quantitative estimate of drug-likeness (QED) is 0.245. The fourth-order valence-electron chi connectivity index (χ4n) is 4.60. The number of benzene rings is 3. The first-order chi connectivity index (χ1) is 18.8. The summed E-state index contributed by atoms with van der Waals surface area (Å²) in [5.74, 6) is -28.4. The molecule has 3 aromatic rings. The zero-order chi connectivity index (χ0) is 30.8. The Morgan fingerprint density at radius 1 is 0.537 bits per heavy atom. The van der Waals surface area contributed by atoms with E-state index in [1.54, 1.807) is 0 Å². The predicted octanol–water partition coefficient (Wildman–Crippen LogP) is 8.57. The Morgan fingerprint density at radius 2 is 0.829 bits per heavy atom. The summed E-state index contributed by atoms with van der Waals surface area (Å²) >= 11 is 0. The van der Waals surface area contributed by atoms with Crippen molar-refractivity contribution in [3.05, 3.63) is 91.0 Å². The predicted molar refractivity (Wildman–Crippen MR) is 129 cm³/mol. The summed E-state index contributed by atoms with van der Waals surface area (Å²) in [6.07, 6.45) is -2.34. The van der Waals surface area contributed by atoms with Gasteiger partial charge in [0.2, 0.25) is 5.67 Å². The standard InChI is InChI=1S/C26H20F10O3S2/c1-2-21(27)22(28,29)24(32,33)26(36,25(34,35)23(21,30)31)41(37,38)39-40(18-12-6-3-7-13-18,19-14-8-4-9-15-19)20-16-10-5-11-17-20/h3-17H,2H2,1H3. The number of hydrogen-bond donors (Lipinski definition) is 0. The van der Waals surface area contributed by atoms with Gasteiger partial charge in [-0.3, -0.25) is 0 Å². The molecule has 0 N–H and O–H groups in total. The zero-order valence-corrected chi connectivity index (χ0v) is 22.3. The van der Waals surface area contributed by atoms with E-state index in [1.807, 2.05) is 0 Å². The van der Waals surface area contributed by atoms with Gasteiger partial charge in [0.15, 0.2) is 0 Å². The maximum atomic E-state index is 16.1. The minimum atomic E-state index is -7.56. The average Bonchev–Trinajstić information content (AvgIpc) is 2.95. The van der Waals surface area contributed by atoms with Gasteiger partial charge in [-0.15, -0.1) is 0 Å². The highest BCUT2D eigenvalue weighted by molar-refractivity contribution is 8.33. The Balaban J connectivity index is 2.10. The summed E-state index contributed by atoms with van der Waals surface area (Å²) in [6.45, 7) is 0.125.